The molecule has 1 atom stereocenters. The third kappa shape index (κ3) is 2.22. The number of ether oxygens (including phenoxy) is 1. The van der Waals surface area contributed by atoms with Crippen LogP contribution in [0.5, 0.6) is 0 Å². The van der Waals surface area contributed by atoms with Crippen LogP contribution in [0.1, 0.15) is 39.5 Å². The topological polar surface area (TPSA) is 9.23 Å². The molecule has 0 radical (unpaired) electrons. The number of hydrogen-bond acceptors (Lipinski definition) is 1. The van der Waals surface area contributed by atoms with E-state index in [9.17, 15) is 0 Å². The average molecular weight is 180 g/mol. The van der Waals surface area contributed by atoms with Gasteiger partial charge in [-0.25, -0.2) is 0 Å². The Morgan fingerprint density at radius 3 is 2.62 bits per heavy atom. The molecule has 1 rings (SSSR count). The molecule has 1 unspecified atom stereocenters. The standard InChI is InChI=1S/C12H20O/c1-5-7-12(13-4)8-6-10(2)11(3)9-12/h5H,1,6-9H2,2-4H3. The van der Waals surface area contributed by atoms with Gasteiger partial charge in [0.2, 0.25) is 0 Å². The van der Waals surface area contributed by atoms with Crippen molar-refractivity contribution >= 4 is 0 Å². The molecule has 1 aliphatic carbocycles. The quantitative estimate of drug-likeness (QED) is 0.604. The lowest BCUT2D eigenvalue weighted by Crippen LogP contribution is -2.33. The first-order chi connectivity index (χ1) is 6.13. The van der Waals surface area contributed by atoms with Gasteiger partial charge in [-0.2, -0.15) is 0 Å². The maximum absolute atomic E-state index is 5.63. The van der Waals surface area contributed by atoms with Crippen LogP contribution < -0.4 is 0 Å². The summed E-state index contributed by atoms with van der Waals surface area (Å²) in [7, 11) is 1.82. The molecule has 0 heterocycles. The van der Waals surface area contributed by atoms with E-state index in [4.69, 9.17) is 4.74 Å². The Balaban J connectivity index is 2.77. The minimum Gasteiger partial charge on any atom is -0.378 e. The predicted octanol–water partition coefficient (Wildman–Crippen LogP) is 3.47. The van der Waals surface area contributed by atoms with Crippen molar-refractivity contribution in [2.24, 2.45) is 0 Å². The summed E-state index contributed by atoms with van der Waals surface area (Å²) < 4.78 is 5.63. The van der Waals surface area contributed by atoms with Crippen molar-refractivity contribution in [3.8, 4) is 0 Å². The lowest BCUT2D eigenvalue weighted by molar-refractivity contribution is -0.0185. The van der Waals surface area contributed by atoms with E-state index in [-0.39, 0.29) is 5.60 Å². The Morgan fingerprint density at radius 1 is 1.46 bits per heavy atom. The van der Waals surface area contributed by atoms with E-state index >= 15 is 0 Å². The Hall–Kier alpha value is -0.560. The molecule has 1 heteroatoms. The Labute approximate surface area is 81.5 Å². The highest BCUT2D eigenvalue weighted by atomic mass is 16.5. The van der Waals surface area contributed by atoms with Crippen molar-refractivity contribution in [1.29, 1.82) is 0 Å². The van der Waals surface area contributed by atoms with Crippen LogP contribution in [0.25, 0.3) is 0 Å². The van der Waals surface area contributed by atoms with Crippen LogP contribution in [0.3, 0.4) is 0 Å². The summed E-state index contributed by atoms with van der Waals surface area (Å²) in [5.74, 6) is 0. The lowest BCUT2D eigenvalue weighted by atomic mass is 9.79. The van der Waals surface area contributed by atoms with Crippen molar-refractivity contribution in [1.82, 2.24) is 0 Å². The van der Waals surface area contributed by atoms with Crippen LogP contribution in [-0.4, -0.2) is 12.7 Å². The van der Waals surface area contributed by atoms with Crippen molar-refractivity contribution in [3.63, 3.8) is 0 Å². The molecule has 74 valence electrons. The molecule has 0 aromatic heterocycles. The number of allylic oxidation sites excluding steroid dienone is 1. The van der Waals surface area contributed by atoms with Gasteiger partial charge in [0.15, 0.2) is 0 Å². The molecule has 1 nitrogen and oxygen atoms in total. The third-order valence-corrected chi connectivity index (χ3v) is 3.22. The van der Waals surface area contributed by atoms with Crippen LogP contribution in [0.15, 0.2) is 23.8 Å². The summed E-state index contributed by atoms with van der Waals surface area (Å²) in [4.78, 5) is 0. The normalized spacial score (nSPS) is 29.2. The molecule has 0 bridgehead atoms. The van der Waals surface area contributed by atoms with Gasteiger partial charge in [0.25, 0.3) is 0 Å². The van der Waals surface area contributed by atoms with Gasteiger partial charge in [0.05, 0.1) is 5.60 Å². The zero-order valence-corrected chi connectivity index (χ0v) is 9.02. The largest absolute Gasteiger partial charge is 0.378 e. The molecule has 0 aromatic rings. The third-order valence-electron chi connectivity index (χ3n) is 3.22. The zero-order valence-electron chi connectivity index (χ0n) is 9.02. The van der Waals surface area contributed by atoms with Gasteiger partial charge in [-0.05, 0) is 39.5 Å². The summed E-state index contributed by atoms with van der Waals surface area (Å²) in [6.45, 7) is 8.23. The van der Waals surface area contributed by atoms with E-state index in [0.717, 1.165) is 19.3 Å². The minimum atomic E-state index is 0.0470. The lowest BCUT2D eigenvalue weighted by Gasteiger charge is -2.36. The molecule has 0 aliphatic heterocycles. The Bertz CT molecular complexity index is 227. The first-order valence-electron chi connectivity index (χ1n) is 4.95. The van der Waals surface area contributed by atoms with Gasteiger partial charge < -0.3 is 4.74 Å². The summed E-state index contributed by atoms with van der Waals surface area (Å²) in [6.07, 6.45) is 6.32. The van der Waals surface area contributed by atoms with Crippen molar-refractivity contribution < 1.29 is 4.74 Å². The average Bonchev–Trinajstić information content (AvgIpc) is 2.12. The smallest absolute Gasteiger partial charge is 0.0752 e. The molecular formula is C12H20O. The van der Waals surface area contributed by atoms with E-state index < -0.39 is 0 Å². The predicted molar refractivity (Wildman–Crippen MR) is 56.8 cm³/mol. The highest BCUT2D eigenvalue weighted by molar-refractivity contribution is 5.18. The van der Waals surface area contributed by atoms with Gasteiger partial charge in [-0.15, -0.1) is 6.58 Å². The van der Waals surface area contributed by atoms with E-state index in [1.807, 2.05) is 13.2 Å². The van der Waals surface area contributed by atoms with Crippen LogP contribution in [0.2, 0.25) is 0 Å². The van der Waals surface area contributed by atoms with Crippen molar-refractivity contribution in [3.05, 3.63) is 23.8 Å². The number of rotatable bonds is 3. The second-order valence-corrected chi connectivity index (χ2v) is 4.12. The van der Waals surface area contributed by atoms with E-state index in [2.05, 4.69) is 20.4 Å². The highest BCUT2D eigenvalue weighted by Gasteiger charge is 2.31. The minimum absolute atomic E-state index is 0.0470. The molecule has 0 N–H and O–H groups in total. The number of methoxy groups -OCH3 is 1. The van der Waals surface area contributed by atoms with Gasteiger partial charge in [0.1, 0.15) is 0 Å². The highest BCUT2D eigenvalue weighted by Crippen LogP contribution is 2.37. The van der Waals surface area contributed by atoms with Crippen LogP contribution in [0, 0.1) is 0 Å². The summed E-state index contributed by atoms with van der Waals surface area (Å²) in [6, 6.07) is 0. The molecular weight excluding hydrogens is 160 g/mol. The van der Waals surface area contributed by atoms with Crippen LogP contribution in [-0.2, 0) is 4.74 Å². The first kappa shape index (κ1) is 10.5. The van der Waals surface area contributed by atoms with Gasteiger partial charge >= 0.3 is 0 Å². The fourth-order valence-electron chi connectivity index (χ4n) is 2.05. The van der Waals surface area contributed by atoms with Crippen LogP contribution in [0.4, 0.5) is 0 Å². The molecule has 0 spiro atoms. The maximum Gasteiger partial charge on any atom is 0.0752 e. The second kappa shape index (κ2) is 4.10. The molecule has 13 heavy (non-hydrogen) atoms. The number of hydrogen-bond donors (Lipinski definition) is 0. The molecule has 0 saturated heterocycles. The van der Waals surface area contributed by atoms with Crippen molar-refractivity contribution in [2.45, 2.75) is 45.1 Å². The Morgan fingerprint density at radius 2 is 2.15 bits per heavy atom. The van der Waals surface area contributed by atoms with E-state index in [0.29, 0.717) is 0 Å². The van der Waals surface area contributed by atoms with E-state index in [1.165, 1.54) is 17.6 Å². The van der Waals surface area contributed by atoms with Crippen molar-refractivity contribution in [2.75, 3.05) is 7.11 Å². The van der Waals surface area contributed by atoms with E-state index in [1.54, 1.807) is 0 Å². The maximum atomic E-state index is 5.63. The SMILES string of the molecule is C=CCC1(OC)CCC(C)=C(C)C1. The molecule has 0 fully saturated rings. The second-order valence-electron chi connectivity index (χ2n) is 4.12. The summed E-state index contributed by atoms with van der Waals surface area (Å²) >= 11 is 0. The molecule has 0 amide bonds. The first-order valence-corrected chi connectivity index (χ1v) is 4.95. The fraction of sp³-hybridized carbons (Fsp3) is 0.667. The van der Waals surface area contributed by atoms with Gasteiger partial charge in [0, 0.05) is 7.11 Å². The molecule has 0 saturated carbocycles. The zero-order chi connectivity index (χ0) is 9.90. The fourth-order valence-corrected chi connectivity index (χ4v) is 2.05. The molecule has 0 aromatic carbocycles. The van der Waals surface area contributed by atoms with Gasteiger partial charge in [-0.3, -0.25) is 0 Å². The van der Waals surface area contributed by atoms with Crippen LogP contribution >= 0.6 is 0 Å². The Kier molecular flexibility index (Phi) is 3.32. The monoisotopic (exact) mass is 180 g/mol. The van der Waals surface area contributed by atoms with Gasteiger partial charge in [-0.1, -0.05) is 17.2 Å². The molecule has 1 aliphatic rings. The summed E-state index contributed by atoms with van der Waals surface area (Å²) in [5, 5.41) is 0. The summed E-state index contributed by atoms with van der Waals surface area (Å²) in [5.41, 5.74) is 3.08.